The molecule has 0 amide bonds. The molecule has 1 heteroatoms. The molecule has 0 spiro atoms. The van der Waals surface area contributed by atoms with Crippen LogP contribution < -0.4 is 0 Å². The second-order valence-electron chi connectivity index (χ2n) is 2.58. The second kappa shape index (κ2) is 8.24. The molecule has 0 aliphatic heterocycles. The molecule has 0 atom stereocenters. The summed E-state index contributed by atoms with van der Waals surface area (Å²) >= 11 is 0. The van der Waals surface area contributed by atoms with Gasteiger partial charge in [0, 0.05) is 11.9 Å². The van der Waals surface area contributed by atoms with Gasteiger partial charge in [0.25, 0.3) is 0 Å². The van der Waals surface area contributed by atoms with Gasteiger partial charge in [-0.2, -0.15) is 0 Å². The Balaban J connectivity index is 0.000000791. The third-order valence-electron chi connectivity index (χ3n) is 1.51. The highest BCUT2D eigenvalue weighted by Gasteiger charge is 1.85. The molecule has 0 aliphatic rings. The van der Waals surface area contributed by atoms with Crippen molar-refractivity contribution in [2.24, 2.45) is 4.99 Å². The van der Waals surface area contributed by atoms with E-state index in [1.165, 1.54) is 5.56 Å². The predicted molar refractivity (Wildman–Crippen MR) is 65.6 cm³/mol. The van der Waals surface area contributed by atoms with E-state index < -0.39 is 0 Å². The third kappa shape index (κ3) is 5.31. The SMILES string of the molecule is CC.CC=N/C(C)=C\c1ccccc1. The summed E-state index contributed by atoms with van der Waals surface area (Å²) in [7, 11) is 0. The average molecular weight is 189 g/mol. The molecule has 0 N–H and O–H groups in total. The Labute approximate surface area is 87.2 Å². The Morgan fingerprint density at radius 3 is 2.21 bits per heavy atom. The van der Waals surface area contributed by atoms with Crippen LogP contribution in [-0.4, -0.2) is 6.21 Å². The lowest BCUT2D eigenvalue weighted by molar-refractivity contribution is 1.34. The molecule has 0 saturated heterocycles. The maximum Gasteiger partial charge on any atom is 0.0374 e. The van der Waals surface area contributed by atoms with Crippen LogP contribution in [0.5, 0.6) is 0 Å². The first-order chi connectivity index (χ1) is 6.83. The van der Waals surface area contributed by atoms with E-state index in [4.69, 9.17) is 0 Å². The number of aliphatic imine (C=N–C) groups is 1. The van der Waals surface area contributed by atoms with Gasteiger partial charge in [-0.3, -0.25) is 4.99 Å². The lowest BCUT2D eigenvalue weighted by Gasteiger charge is -1.93. The zero-order valence-corrected chi connectivity index (χ0v) is 9.49. The van der Waals surface area contributed by atoms with Crippen LogP contribution in [0.1, 0.15) is 33.3 Å². The lowest BCUT2D eigenvalue weighted by Crippen LogP contribution is -1.73. The molecular weight excluding hydrogens is 170 g/mol. The standard InChI is InChI=1S/C11H13N.C2H6/c1-3-12-10(2)9-11-7-5-4-6-8-11;1-2/h3-9H,1-2H3;1-2H3/b10-9-,12-3?;. The third-order valence-corrected chi connectivity index (χ3v) is 1.51. The van der Waals surface area contributed by atoms with Gasteiger partial charge >= 0.3 is 0 Å². The first-order valence-corrected chi connectivity index (χ1v) is 5.05. The molecule has 0 heterocycles. The highest BCUT2D eigenvalue weighted by atomic mass is 14.7. The van der Waals surface area contributed by atoms with E-state index in [9.17, 15) is 0 Å². The van der Waals surface area contributed by atoms with E-state index in [1.54, 1.807) is 6.21 Å². The van der Waals surface area contributed by atoms with Gasteiger partial charge in [0.1, 0.15) is 0 Å². The first kappa shape index (κ1) is 12.6. The molecule has 1 rings (SSSR count). The van der Waals surface area contributed by atoms with Crippen molar-refractivity contribution in [3.05, 3.63) is 41.6 Å². The van der Waals surface area contributed by atoms with Gasteiger partial charge in [0.2, 0.25) is 0 Å². The van der Waals surface area contributed by atoms with Crippen molar-refractivity contribution in [1.82, 2.24) is 0 Å². The maximum absolute atomic E-state index is 4.16. The molecule has 0 saturated carbocycles. The van der Waals surface area contributed by atoms with Crippen LogP contribution in [0.15, 0.2) is 41.0 Å². The van der Waals surface area contributed by atoms with Crippen LogP contribution in [0.2, 0.25) is 0 Å². The van der Waals surface area contributed by atoms with Crippen molar-refractivity contribution in [1.29, 1.82) is 0 Å². The minimum atomic E-state index is 1.03. The largest absolute Gasteiger partial charge is 0.266 e. The highest BCUT2D eigenvalue weighted by Crippen LogP contribution is 2.05. The van der Waals surface area contributed by atoms with E-state index in [1.807, 2.05) is 45.9 Å². The van der Waals surface area contributed by atoms with E-state index in [-0.39, 0.29) is 0 Å². The van der Waals surface area contributed by atoms with Crippen molar-refractivity contribution in [2.45, 2.75) is 27.7 Å². The normalized spacial score (nSPS) is 11.0. The van der Waals surface area contributed by atoms with E-state index in [0.29, 0.717) is 0 Å². The molecule has 1 nitrogen and oxygen atoms in total. The minimum Gasteiger partial charge on any atom is -0.266 e. The summed E-state index contributed by atoms with van der Waals surface area (Å²) in [5, 5.41) is 0. The molecular formula is C13H19N. The molecule has 0 aromatic heterocycles. The Hall–Kier alpha value is -1.37. The Morgan fingerprint density at radius 2 is 1.71 bits per heavy atom. The molecule has 0 fully saturated rings. The van der Waals surface area contributed by atoms with Crippen LogP contribution in [0.25, 0.3) is 6.08 Å². The van der Waals surface area contributed by atoms with Gasteiger partial charge in [0.15, 0.2) is 0 Å². The smallest absolute Gasteiger partial charge is 0.0374 e. The van der Waals surface area contributed by atoms with Gasteiger partial charge < -0.3 is 0 Å². The first-order valence-electron chi connectivity index (χ1n) is 5.05. The van der Waals surface area contributed by atoms with Crippen LogP contribution in [0.4, 0.5) is 0 Å². The number of benzene rings is 1. The summed E-state index contributed by atoms with van der Waals surface area (Å²) < 4.78 is 0. The minimum absolute atomic E-state index is 1.03. The number of hydrogen-bond acceptors (Lipinski definition) is 1. The fourth-order valence-electron chi connectivity index (χ4n) is 1.03. The number of allylic oxidation sites excluding steroid dienone is 1. The Bertz CT molecular complexity index is 283. The second-order valence-corrected chi connectivity index (χ2v) is 2.58. The Kier molecular flexibility index (Phi) is 7.43. The fourth-order valence-corrected chi connectivity index (χ4v) is 1.03. The summed E-state index contributed by atoms with van der Waals surface area (Å²) in [4.78, 5) is 4.16. The molecule has 76 valence electrons. The molecule has 0 aliphatic carbocycles. The topological polar surface area (TPSA) is 12.4 Å². The zero-order valence-electron chi connectivity index (χ0n) is 9.49. The molecule has 1 aromatic rings. The van der Waals surface area contributed by atoms with Crippen molar-refractivity contribution < 1.29 is 0 Å². The number of rotatable bonds is 2. The maximum atomic E-state index is 4.16. The van der Waals surface area contributed by atoms with Crippen molar-refractivity contribution in [3.63, 3.8) is 0 Å². The average Bonchev–Trinajstić information content (AvgIpc) is 2.22. The fraction of sp³-hybridized carbons (Fsp3) is 0.308. The molecule has 0 unspecified atom stereocenters. The van der Waals surface area contributed by atoms with E-state index in [2.05, 4.69) is 23.2 Å². The van der Waals surface area contributed by atoms with Gasteiger partial charge in [-0.15, -0.1) is 0 Å². The Morgan fingerprint density at radius 1 is 1.14 bits per heavy atom. The quantitative estimate of drug-likeness (QED) is 0.619. The van der Waals surface area contributed by atoms with Gasteiger partial charge in [-0.25, -0.2) is 0 Å². The van der Waals surface area contributed by atoms with Crippen molar-refractivity contribution >= 4 is 12.3 Å². The number of nitrogens with zero attached hydrogens (tertiary/aromatic N) is 1. The van der Waals surface area contributed by atoms with Crippen molar-refractivity contribution in [3.8, 4) is 0 Å². The van der Waals surface area contributed by atoms with Crippen molar-refractivity contribution in [2.75, 3.05) is 0 Å². The summed E-state index contributed by atoms with van der Waals surface area (Å²) in [6, 6.07) is 10.2. The van der Waals surface area contributed by atoms with E-state index in [0.717, 1.165) is 5.70 Å². The molecule has 1 aromatic carbocycles. The summed E-state index contributed by atoms with van der Waals surface area (Å²) in [6.45, 7) is 7.91. The van der Waals surface area contributed by atoms with Crippen LogP contribution in [0, 0.1) is 0 Å². The number of hydrogen-bond donors (Lipinski definition) is 0. The summed E-state index contributed by atoms with van der Waals surface area (Å²) in [6.07, 6.45) is 3.86. The lowest BCUT2D eigenvalue weighted by atomic mass is 10.2. The summed E-state index contributed by atoms with van der Waals surface area (Å²) in [5.74, 6) is 0. The summed E-state index contributed by atoms with van der Waals surface area (Å²) in [5.41, 5.74) is 2.23. The van der Waals surface area contributed by atoms with Gasteiger partial charge in [-0.1, -0.05) is 44.2 Å². The van der Waals surface area contributed by atoms with E-state index >= 15 is 0 Å². The van der Waals surface area contributed by atoms with Crippen LogP contribution >= 0.6 is 0 Å². The molecule has 0 bridgehead atoms. The van der Waals surface area contributed by atoms with Gasteiger partial charge in [-0.05, 0) is 25.5 Å². The molecule has 0 radical (unpaired) electrons. The zero-order chi connectivity index (χ0) is 10.8. The molecule has 14 heavy (non-hydrogen) atoms. The van der Waals surface area contributed by atoms with Crippen LogP contribution in [0.3, 0.4) is 0 Å². The van der Waals surface area contributed by atoms with Gasteiger partial charge in [0.05, 0.1) is 0 Å². The monoisotopic (exact) mass is 189 g/mol. The predicted octanol–water partition coefficient (Wildman–Crippen LogP) is 4.16. The van der Waals surface area contributed by atoms with Crippen LogP contribution in [-0.2, 0) is 0 Å². The highest BCUT2D eigenvalue weighted by molar-refractivity contribution is 5.59.